The first-order valence-electron chi connectivity index (χ1n) is 13.9. The second-order valence-electron chi connectivity index (χ2n) is 12.3. The van der Waals surface area contributed by atoms with Gasteiger partial charge in [-0.3, -0.25) is 0 Å². The monoisotopic (exact) mass is 523 g/mol. The van der Waals surface area contributed by atoms with Crippen molar-refractivity contribution in [1.82, 2.24) is 15.0 Å². The van der Waals surface area contributed by atoms with E-state index in [-0.39, 0.29) is 10.8 Å². The largest absolute Gasteiger partial charge is 0.208 e. The first-order valence-corrected chi connectivity index (χ1v) is 13.9. The van der Waals surface area contributed by atoms with Crippen LogP contribution < -0.4 is 0 Å². The van der Waals surface area contributed by atoms with Crippen molar-refractivity contribution in [3.63, 3.8) is 0 Å². The summed E-state index contributed by atoms with van der Waals surface area (Å²) < 4.78 is 0. The Kier molecular flexibility index (Phi) is 7.49. The van der Waals surface area contributed by atoms with E-state index < -0.39 is 0 Å². The summed E-state index contributed by atoms with van der Waals surface area (Å²) >= 11 is 0. The molecule has 1 heterocycles. The number of aromatic nitrogens is 3. The van der Waals surface area contributed by atoms with Crippen molar-refractivity contribution >= 4 is 11.6 Å². The Morgan fingerprint density at radius 2 is 0.925 bits per heavy atom. The Bertz CT molecular complexity index is 1530. The summed E-state index contributed by atoms with van der Waals surface area (Å²) in [6, 6.07) is 37.8. The summed E-state index contributed by atoms with van der Waals surface area (Å²) in [6.45, 7) is 13.4. The van der Waals surface area contributed by atoms with Crippen LogP contribution in [0.3, 0.4) is 0 Å². The third-order valence-corrected chi connectivity index (χ3v) is 7.09. The molecule has 0 fully saturated rings. The summed E-state index contributed by atoms with van der Waals surface area (Å²) in [7, 11) is 0. The third kappa shape index (κ3) is 6.26. The predicted octanol–water partition coefficient (Wildman–Crippen LogP) is 9.39. The van der Waals surface area contributed by atoms with E-state index in [0.717, 1.165) is 27.8 Å². The van der Waals surface area contributed by atoms with E-state index in [1.165, 1.54) is 11.1 Å². The molecule has 1 aromatic heterocycles. The lowest BCUT2D eigenvalue weighted by Crippen LogP contribution is -2.11. The summed E-state index contributed by atoms with van der Waals surface area (Å²) in [4.78, 5) is 15.1. The summed E-state index contributed by atoms with van der Waals surface area (Å²) in [5.41, 5.74) is 7.73. The van der Waals surface area contributed by atoms with Crippen LogP contribution in [0.1, 0.15) is 69.6 Å². The molecular weight excluding hydrogens is 486 g/mol. The minimum absolute atomic E-state index is 0.0711. The predicted molar refractivity (Wildman–Crippen MR) is 168 cm³/mol. The molecule has 0 amide bonds. The van der Waals surface area contributed by atoms with E-state index in [1.54, 1.807) is 0 Å². The van der Waals surface area contributed by atoms with Gasteiger partial charge in [0, 0.05) is 16.7 Å². The van der Waals surface area contributed by atoms with Crippen LogP contribution in [0.25, 0.3) is 34.4 Å². The minimum atomic E-state index is 0.0711. The van der Waals surface area contributed by atoms with Gasteiger partial charge in [0.1, 0.15) is 0 Å². The Hall–Kier alpha value is -4.37. The molecule has 0 radical (unpaired) electrons. The SMILES string of the molecule is CC(C)(C)c1ccc(-c2nc(C(=Cc3ccccc3)c3ccccc3)nc(-c3ccc(C(C)(C)C)cc3)n2)cc1. The fraction of sp³-hybridized carbons (Fsp3) is 0.216. The zero-order valence-corrected chi connectivity index (χ0v) is 24.3. The molecule has 0 atom stereocenters. The normalized spacial score (nSPS) is 12.4. The van der Waals surface area contributed by atoms with Gasteiger partial charge in [-0.25, -0.2) is 15.0 Å². The van der Waals surface area contributed by atoms with Gasteiger partial charge in [-0.05, 0) is 39.2 Å². The van der Waals surface area contributed by atoms with Gasteiger partial charge >= 0.3 is 0 Å². The van der Waals surface area contributed by atoms with E-state index in [2.05, 4.69) is 120 Å². The van der Waals surface area contributed by atoms with E-state index in [9.17, 15) is 0 Å². The first-order chi connectivity index (χ1) is 19.1. The van der Waals surface area contributed by atoms with Gasteiger partial charge in [0.05, 0.1) is 0 Å². The molecule has 0 spiro atoms. The number of rotatable bonds is 5. The van der Waals surface area contributed by atoms with Gasteiger partial charge in [-0.2, -0.15) is 0 Å². The molecule has 5 rings (SSSR count). The lowest BCUT2D eigenvalue weighted by Gasteiger charge is -2.19. The van der Waals surface area contributed by atoms with Gasteiger partial charge < -0.3 is 0 Å². The van der Waals surface area contributed by atoms with Crippen molar-refractivity contribution in [2.75, 3.05) is 0 Å². The molecule has 0 unspecified atom stereocenters. The minimum Gasteiger partial charge on any atom is -0.208 e. The second kappa shape index (κ2) is 11.0. The molecule has 3 nitrogen and oxygen atoms in total. The summed E-state index contributed by atoms with van der Waals surface area (Å²) in [6.07, 6.45) is 2.16. The lowest BCUT2D eigenvalue weighted by molar-refractivity contribution is 0.590. The zero-order valence-electron chi connectivity index (χ0n) is 24.3. The molecule has 0 bridgehead atoms. The van der Waals surface area contributed by atoms with Gasteiger partial charge in [0.2, 0.25) is 0 Å². The van der Waals surface area contributed by atoms with E-state index in [4.69, 9.17) is 15.0 Å². The molecule has 4 aromatic carbocycles. The van der Waals surface area contributed by atoms with Crippen molar-refractivity contribution in [3.05, 3.63) is 137 Å². The zero-order chi connectivity index (χ0) is 28.3. The third-order valence-electron chi connectivity index (χ3n) is 7.09. The number of hydrogen-bond acceptors (Lipinski definition) is 3. The van der Waals surface area contributed by atoms with E-state index >= 15 is 0 Å². The molecule has 5 aromatic rings. The highest BCUT2D eigenvalue weighted by Gasteiger charge is 2.18. The maximum Gasteiger partial charge on any atom is 0.164 e. The maximum atomic E-state index is 5.06. The first kappa shape index (κ1) is 27.2. The number of hydrogen-bond donors (Lipinski definition) is 0. The van der Waals surface area contributed by atoms with Crippen LogP contribution in [-0.4, -0.2) is 15.0 Å². The molecule has 0 saturated heterocycles. The van der Waals surface area contributed by atoms with Crippen LogP contribution in [0.5, 0.6) is 0 Å². The van der Waals surface area contributed by atoms with Gasteiger partial charge in [-0.15, -0.1) is 0 Å². The highest BCUT2D eigenvalue weighted by molar-refractivity contribution is 5.89. The van der Waals surface area contributed by atoms with E-state index in [0.29, 0.717) is 17.5 Å². The maximum absolute atomic E-state index is 5.06. The molecule has 0 N–H and O–H groups in total. The Morgan fingerprint density at radius 1 is 0.500 bits per heavy atom. The summed E-state index contributed by atoms with van der Waals surface area (Å²) in [5.74, 6) is 1.97. The van der Waals surface area contributed by atoms with E-state index in [1.807, 2.05) is 36.4 Å². The Labute approximate surface area is 238 Å². The molecule has 0 aliphatic heterocycles. The molecule has 3 heteroatoms. The lowest BCUT2D eigenvalue weighted by atomic mass is 9.86. The molecule has 200 valence electrons. The van der Waals surface area contributed by atoms with Gasteiger partial charge in [0.15, 0.2) is 17.5 Å². The number of benzene rings is 4. The smallest absolute Gasteiger partial charge is 0.164 e. The Balaban J connectivity index is 1.70. The molecule has 40 heavy (non-hydrogen) atoms. The van der Waals surface area contributed by atoms with Crippen LogP contribution in [0, 0.1) is 0 Å². The second-order valence-corrected chi connectivity index (χ2v) is 12.3. The average molecular weight is 524 g/mol. The van der Waals surface area contributed by atoms with Crippen LogP contribution in [-0.2, 0) is 10.8 Å². The topological polar surface area (TPSA) is 38.7 Å². The highest BCUT2D eigenvalue weighted by atomic mass is 15.0. The van der Waals surface area contributed by atoms with Gasteiger partial charge in [0.25, 0.3) is 0 Å². The molecule has 0 saturated carbocycles. The Morgan fingerprint density at radius 3 is 1.35 bits per heavy atom. The van der Waals surface area contributed by atoms with Crippen LogP contribution in [0.2, 0.25) is 0 Å². The van der Waals surface area contributed by atoms with Crippen molar-refractivity contribution in [2.45, 2.75) is 52.4 Å². The molecule has 0 aliphatic carbocycles. The highest BCUT2D eigenvalue weighted by Crippen LogP contribution is 2.30. The average Bonchev–Trinajstić information content (AvgIpc) is 2.96. The van der Waals surface area contributed by atoms with Crippen molar-refractivity contribution < 1.29 is 0 Å². The van der Waals surface area contributed by atoms with Crippen molar-refractivity contribution in [1.29, 1.82) is 0 Å². The van der Waals surface area contributed by atoms with Crippen molar-refractivity contribution in [2.24, 2.45) is 0 Å². The summed E-state index contributed by atoms with van der Waals surface area (Å²) in [5, 5.41) is 0. The van der Waals surface area contributed by atoms with Gasteiger partial charge in [-0.1, -0.05) is 151 Å². The molecule has 0 aliphatic rings. The standard InChI is InChI=1S/C37H37N3/c1-36(2,3)30-21-17-28(18-22-30)33-38-34(29-19-23-31(24-20-29)37(4,5)6)40-35(39-33)32(27-15-11-8-12-16-27)25-26-13-9-7-10-14-26/h7-25H,1-6H3. The van der Waals surface area contributed by atoms with Crippen LogP contribution in [0.4, 0.5) is 0 Å². The quantitative estimate of drug-likeness (QED) is 0.215. The number of nitrogens with zero attached hydrogens (tertiary/aromatic N) is 3. The van der Waals surface area contributed by atoms with Crippen LogP contribution in [0.15, 0.2) is 109 Å². The van der Waals surface area contributed by atoms with Crippen LogP contribution >= 0.6 is 0 Å². The fourth-order valence-corrected chi connectivity index (χ4v) is 4.60. The fourth-order valence-electron chi connectivity index (χ4n) is 4.60. The molecular formula is C37H37N3. The van der Waals surface area contributed by atoms with Crippen molar-refractivity contribution in [3.8, 4) is 22.8 Å².